The van der Waals surface area contributed by atoms with Crippen molar-refractivity contribution in [1.82, 2.24) is 15.0 Å². The molecule has 1 fully saturated rings. The van der Waals surface area contributed by atoms with Crippen LogP contribution < -0.4 is 0 Å². The van der Waals surface area contributed by atoms with Gasteiger partial charge in [-0.3, -0.25) is 4.79 Å². The first-order valence-electron chi connectivity index (χ1n) is 5.89. The van der Waals surface area contributed by atoms with Crippen LogP contribution in [0.1, 0.15) is 40.0 Å². The van der Waals surface area contributed by atoms with Crippen LogP contribution in [0.2, 0.25) is 0 Å². The van der Waals surface area contributed by atoms with Crippen LogP contribution in [-0.4, -0.2) is 27.5 Å². The molecule has 2 aromatic rings. The highest BCUT2D eigenvalue weighted by Gasteiger charge is 2.33. The molecule has 5 nitrogen and oxygen atoms in total. The van der Waals surface area contributed by atoms with E-state index in [4.69, 9.17) is 4.52 Å². The molecule has 0 aliphatic carbocycles. The molecule has 6 heteroatoms. The summed E-state index contributed by atoms with van der Waals surface area (Å²) in [6, 6.07) is 0.104. The number of carbonyl (C=O) groups excluding carboxylic acids is 1. The smallest absolute Gasteiger partial charge is 0.259 e. The Morgan fingerprint density at radius 3 is 3.17 bits per heavy atom. The Kier molecular flexibility index (Phi) is 2.87. The lowest BCUT2D eigenvalue weighted by Gasteiger charge is -2.22. The first-order valence-corrected chi connectivity index (χ1v) is 6.77. The van der Waals surface area contributed by atoms with E-state index in [0.717, 1.165) is 24.4 Å². The standard InChI is InChI=1S/C12H13N3O2S/c1-8-9(7-14-17-8)12(16)15-5-2-3-10(15)11-13-4-6-18-11/h4,6-7,10H,2-3,5H2,1H3/t10-/m0/s1. The SMILES string of the molecule is Cc1oncc1C(=O)N1CCC[C@H]1c1nccs1. The van der Waals surface area contributed by atoms with Crippen molar-refractivity contribution >= 4 is 17.2 Å². The molecule has 1 atom stereocenters. The highest BCUT2D eigenvalue weighted by Crippen LogP contribution is 2.34. The maximum absolute atomic E-state index is 12.4. The van der Waals surface area contributed by atoms with Crippen LogP contribution in [0.4, 0.5) is 0 Å². The Bertz CT molecular complexity index is 549. The number of thiazole rings is 1. The second-order valence-corrected chi connectivity index (χ2v) is 5.25. The lowest BCUT2D eigenvalue weighted by molar-refractivity contribution is 0.0733. The summed E-state index contributed by atoms with van der Waals surface area (Å²) in [6.07, 6.45) is 5.27. The summed E-state index contributed by atoms with van der Waals surface area (Å²) in [6.45, 7) is 2.53. The molecule has 1 amide bonds. The maximum Gasteiger partial charge on any atom is 0.259 e. The minimum atomic E-state index is -0.00792. The summed E-state index contributed by atoms with van der Waals surface area (Å²) in [5.74, 6) is 0.566. The second-order valence-electron chi connectivity index (χ2n) is 4.32. The molecular formula is C12H13N3O2S. The third-order valence-electron chi connectivity index (χ3n) is 3.23. The summed E-state index contributed by atoms with van der Waals surface area (Å²) in [5, 5.41) is 6.62. The second kappa shape index (κ2) is 4.53. The highest BCUT2D eigenvalue weighted by molar-refractivity contribution is 7.09. The van der Waals surface area contributed by atoms with Crippen LogP contribution in [0, 0.1) is 6.92 Å². The van der Waals surface area contributed by atoms with Crippen LogP contribution >= 0.6 is 11.3 Å². The molecule has 1 saturated heterocycles. The zero-order valence-corrected chi connectivity index (χ0v) is 10.8. The topological polar surface area (TPSA) is 59.2 Å². The van der Waals surface area contributed by atoms with E-state index >= 15 is 0 Å². The van der Waals surface area contributed by atoms with E-state index in [0.29, 0.717) is 11.3 Å². The molecule has 0 aromatic carbocycles. The van der Waals surface area contributed by atoms with Crippen molar-refractivity contribution < 1.29 is 9.32 Å². The van der Waals surface area contributed by atoms with Crippen molar-refractivity contribution in [2.75, 3.05) is 6.54 Å². The number of aromatic nitrogens is 2. The molecule has 3 rings (SSSR count). The van der Waals surface area contributed by atoms with Gasteiger partial charge in [0.25, 0.3) is 5.91 Å². The minimum Gasteiger partial charge on any atom is -0.361 e. The lowest BCUT2D eigenvalue weighted by Crippen LogP contribution is -2.30. The van der Waals surface area contributed by atoms with Gasteiger partial charge < -0.3 is 9.42 Å². The highest BCUT2D eigenvalue weighted by atomic mass is 32.1. The largest absolute Gasteiger partial charge is 0.361 e. The van der Waals surface area contributed by atoms with E-state index < -0.39 is 0 Å². The predicted molar refractivity (Wildman–Crippen MR) is 66.4 cm³/mol. The Balaban J connectivity index is 1.88. The molecule has 0 bridgehead atoms. The summed E-state index contributed by atoms with van der Waals surface area (Å²) in [7, 11) is 0. The Hall–Kier alpha value is -1.69. The molecule has 94 valence electrons. The number of amides is 1. The molecule has 3 heterocycles. The molecule has 2 aromatic heterocycles. The van der Waals surface area contributed by atoms with Crippen molar-refractivity contribution in [1.29, 1.82) is 0 Å². The average molecular weight is 263 g/mol. The number of rotatable bonds is 2. The van der Waals surface area contributed by atoms with Crippen molar-refractivity contribution in [2.45, 2.75) is 25.8 Å². The van der Waals surface area contributed by atoms with Crippen molar-refractivity contribution in [3.63, 3.8) is 0 Å². The third kappa shape index (κ3) is 1.82. The Labute approximate surface area is 108 Å². The number of aryl methyl sites for hydroxylation is 1. The molecule has 0 N–H and O–H groups in total. The van der Waals surface area contributed by atoms with E-state index in [1.165, 1.54) is 6.20 Å². The van der Waals surface area contributed by atoms with E-state index in [-0.39, 0.29) is 11.9 Å². The normalized spacial score (nSPS) is 19.4. The quantitative estimate of drug-likeness (QED) is 0.835. The fraction of sp³-hybridized carbons (Fsp3) is 0.417. The minimum absolute atomic E-state index is 0.00792. The molecule has 0 spiro atoms. The van der Waals surface area contributed by atoms with E-state index in [2.05, 4.69) is 10.1 Å². The van der Waals surface area contributed by atoms with E-state index in [1.54, 1.807) is 24.5 Å². The zero-order chi connectivity index (χ0) is 12.5. The fourth-order valence-corrected chi connectivity index (χ4v) is 3.11. The first-order chi connectivity index (χ1) is 8.77. The number of likely N-dealkylation sites (tertiary alicyclic amines) is 1. The first kappa shape index (κ1) is 11.4. The molecule has 0 radical (unpaired) electrons. The van der Waals surface area contributed by atoms with Crippen LogP contribution in [-0.2, 0) is 0 Å². The van der Waals surface area contributed by atoms with Crippen LogP contribution in [0.25, 0.3) is 0 Å². The van der Waals surface area contributed by atoms with Crippen molar-refractivity contribution in [3.8, 4) is 0 Å². The number of hydrogen-bond acceptors (Lipinski definition) is 5. The van der Waals surface area contributed by atoms with Gasteiger partial charge in [0.2, 0.25) is 0 Å². The van der Waals surface area contributed by atoms with Gasteiger partial charge in [-0.2, -0.15) is 0 Å². The lowest BCUT2D eigenvalue weighted by atomic mass is 10.2. The molecular weight excluding hydrogens is 250 g/mol. The molecule has 1 aliphatic heterocycles. The van der Waals surface area contributed by atoms with Crippen LogP contribution in [0.15, 0.2) is 22.3 Å². The van der Waals surface area contributed by atoms with Gasteiger partial charge in [-0.25, -0.2) is 4.98 Å². The van der Waals surface area contributed by atoms with E-state index in [9.17, 15) is 4.79 Å². The number of nitrogens with zero attached hydrogens (tertiary/aromatic N) is 3. The van der Waals surface area contributed by atoms with Crippen molar-refractivity contribution in [3.05, 3.63) is 34.1 Å². The summed E-state index contributed by atoms with van der Waals surface area (Å²) in [4.78, 5) is 18.6. The van der Waals surface area contributed by atoms with Crippen LogP contribution in [0.5, 0.6) is 0 Å². The summed E-state index contributed by atoms with van der Waals surface area (Å²) >= 11 is 1.60. The predicted octanol–water partition coefficient (Wildman–Crippen LogP) is 2.42. The maximum atomic E-state index is 12.4. The van der Waals surface area contributed by atoms with Gasteiger partial charge in [0.05, 0.1) is 12.2 Å². The Morgan fingerprint density at radius 1 is 1.61 bits per heavy atom. The van der Waals surface area contributed by atoms with Gasteiger partial charge in [0.1, 0.15) is 16.3 Å². The summed E-state index contributed by atoms with van der Waals surface area (Å²) in [5.41, 5.74) is 0.554. The van der Waals surface area contributed by atoms with Gasteiger partial charge in [-0.1, -0.05) is 5.16 Å². The third-order valence-corrected chi connectivity index (χ3v) is 4.11. The molecule has 18 heavy (non-hydrogen) atoms. The molecule has 0 unspecified atom stereocenters. The van der Waals surface area contributed by atoms with Gasteiger partial charge in [0.15, 0.2) is 0 Å². The van der Waals surface area contributed by atoms with Crippen LogP contribution in [0.3, 0.4) is 0 Å². The Morgan fingerprint density at radius 2 is 2.50 bits per heavy atom. The number of carbonyl (C=O) groups is 1. The van der Waals surface area contributed by atoms with Gasteiger partial charge in [-0.15, -0.1) is 11.3 Å². The van der Waals surface area contributed by atoms with Crippen molar-refractivity contribution in [2.24, 2.45) is 0 Å². The van der Waals surface area contributed by atoms with Gasteiger partial charge in [0, 0.05) is 18.1 Å². The zero-order valence-electron chi connectivity index (χ0n) is 10.00. The number of hydrogen-bond donors (Lipinski definition) is 0. The van der Waals surface area contributed by atoms with E-state index in [1.807, 2.05) is 10.3 Å². The molecule has 1 aliphatic rings. The average Bonchev–Trinajstić information content (AvgIpc) is 3.09. The van der Waals surface area contributed by atoms with Gasteiger partial charge >= 0.3 is 0 Å². The fourth-order valence-electron chi connectivity index (χ4n) is 2.32. The van der Waals surface area contributed by atoms with Gasteiger partial charge in [-0.05, 0) is 19.8 Å². The molecule has 0 saturated carbocycles. The summed E-state index contributed by atoms with van der Waals surface area (Å²) < 4.78 is 4.96. The monoisotopic (exact) mass is 263 g/mol.